The van der Waals surface area contributed by atoms with Crippen LogP contribution in [0.3, 0.4) is 0 Å². The minimum Gasteiger partial charge on any atom is -0.347 e. The van der Waals surface area contributed by atoms with Crippen LogP contribution in [0.1, 0.15) is 28.9 Å². The van der Waals surface area contributed by atoms with Crippen molar-refractivity contribution in [3.8, 4) is 11.5 Å². The second-order valence-electron chi connectivity index (χ2n) is 8.43. The average Bonchev–Trinajstić information content (AvgIpc) is 3.34. The van der Waals surface area contributed by atoms with E-state index in [1.807, 2.05) is 60.7 Å². The summed E-state index contributed by atoms with van der Waals surface area (Å²) in [7, 11) is 0. The third-order valence-electron chi connectivity index (χ3n) is 5.75. The standard InChI is InChI=1S/C26H24N6O3/c33-24(26(35)28-19-11-12-19)21(15-18-7-3-1-4-8-18)29-25(34)22-16-27-17-31(22)23-13-14-32(30-23)20-9-5-2-6-10-20/h1-10,13-14,16-17,19,21H,11-12,15H2,(H,28,35)(H,29,34). The number of imidazole rings is 1. The molecule has 1 fully saturated rings. The van der Waals surface area contributed by atoms with E-state index in [-0.39, 0.29) is 18.2 Å². The van der Waals surface area contributed by atoms with Crippen molar-refractivity contribution in [1.29, 1.82) is 0 Å². The maximum absolute atomic E-state index is 13.2. The van der Waals surface area contributed by atoms with Gasteiger partial charge in [0.2, 0.25) is 5.78 Å². The number of Topliss-reactive ketones (excluding diaryl/α,β-unsaturated/α-hetero) is 1. The number of ketones is 1. The van der Waals surface area contributed by atoms with Crippen LogP contribution < -0.4 is 10.6 Å². The predicted octanol–water partition coefficient (Wildman–Crippen LogP) is 2.25. The van der Waals surface area contributed by atoms with Crippen LogP contribution in [-0.4, -0.2) is 49.0 Å². The molecule has 5 rings (SSSR count). The normalized spacial score (nSPS) is 13.7. The molecule has 4 aromatic rings. The molecule has 1 unspecified atom stereocenters. The topological polar surface area (TPSA) is 111 Å². The maximum Gasteiger partial charge on any atom is 0.289 e. The van der Waals surface area contributed by atoms with Crippen LogP contribution in [0.2, 0.25) is 0 Å². The number of hydrogen-bond donors (Lipinski definition) is 2. The lowest BCUT2D eigenvalue weighted by Crippen LogP contribution is -2.49. The lowest BCUT2D eigenvalue weighted by atomic mass is 10.0. The second-order valence-corrected chi connectivity index (χ2v) is 8.43. The van der Waals surface area contributed by atoms with Gasteiger partial charge in [0.05, 0.1) is 11.9 Å². The first kappa shape index (κ1) is 22.3. The zero-order chi connectivity index (χ0) is 24.2. The van der Waals surface area contributed by atoms with Gasteiger partial charge in [-0.3, -0.25) is 19.0 Å². The monoisotopic (exact) mass is 468 g/mol. The van der Waals surface area contributed by atoms with Crippen LogP contribution in [0.4, 0.5) is 0 Å². The molecule has 0 saturated heterocycles. The number of nitrogens with zero attached hydrogens (tertiary/aromatic N) is 4. The number of rotatable bonds is 9. The highest BCUT2D eigenvalue weighted by Gasteiger charge is 2.32. The molecule has 1 aliphatic rings. The van der Waals surface area contributed by atoms with Crippen molar-refractivity contribution in [2.24, 2.45) is 0 Å². The number of benzene rings is 2. The first-order valence-corrected chi connectivity index (χ1v) is 11.4. The van der Waals surface area contributed by atoms with Crippen molar-refractivity contribution in [3.05, 3.63) is 96.7 Å². The molecule has 0 radical (unpaired) electrons. The minimum atomic E-state index is -1.02. The smallest absolute Gasteiger partial charge is 0.289 e. The summed E-state index contributed by atoms with van der Waals surface area (Å²) < 4.78 is 3.24. The van der Waals surface area contributed by atoms with Gasteiger partial charge in [0, 0.05) is 24.7 Å². The molecule has 0 aliphatic heterocycles. The molecule has 2 N–H and O–H groups in total. The van der Waals surface area contributed by atoms with E-state index in [0.717, 1.165) is 24.1 Å². The summed E-state index contributed by atoms with van der Waals surface area (Å²) in [5.41, 5.74) is 1.91. The maximum atomic E-state index is 13.2. The minimum absolute atomic E-state index is 0.0423. The Kier molecular flexibility index (Phi) is 6.21. The number of carbonyl (C=O) groups excluding carboxylic acids is 3. The van der Waals surface area contributed by atoms with E-state index in [9.17, 15) is 14.4 Å². The number of amides is 2. The molecular formula is C26H24N6O3. The van der Waals surface area contributed by atoms with Gasteiger partial charge in [-0.05, 0) is 30.5 Å². The molecule has 9 heteroatoms. The SMILES string of the molecule is O=C(NC1CC1)C(=O)C(Cc1ccccc1)NC(=O)c1cncn1-c1ccn(-c2ccccc2)n1. The molecule has 35 heavy (non-hydrogen) atoms. The van der Waals surface area contributed by atoms with Crippen LogP contribution in [0.15, 0.2) is 85.5 Å². The zero-order valence-corrected chi connectivity index (χ0v) is 18.9. The fourth-order valence-corrected chi connectivity index (χ4v) is 3.75. The van der Waals surface area contributed by atoms with Crippen LogP contribution in [0.25, 0.3) is 11.5 Å². The third-order valence-corrected chi connectivity index (χ3v) is 5.75. The van der Waals surface area contributed by atoms with Crippen molar-refractivity contribution in [2.45, 2.75) is 31.3 Å². The van der Waals surface area contributed by atoms with Gasteiger partial charge in [-0.1, -0.05) is 48.5 Å². The summed E-state index contributed by atoms with van der Waals surface area (Å²) in [4.78, 5) is 42.8. The Hall–Kier alpha value is -4.53. The molecule has 2 amide bonds. The van der Waals surface area contributed by atoms with E-state index >= 15 is 0 Å². The van der Waals surface area contributed by atoms with Crippen molar-refractivity contribution in [3.63, 3.8) is 0 Å². The van der Waals surface area contributed by atoms with Crippen LogP contribution >= 0.6 is 0 Å². The van der Waals surface area contributed by atoms with Gasteiger partial charge >= 0.3 is 0 Å². The molecule has 1 saturated carbocycles. The summed E-state index contributed by atoms with van der Waals surface area (Å²) >= 11 is 0. The summed E-state index contributed by atoms with van der Waals surface area (Å²) in [6.07, 6.45) is 6.61. The largest absolute Gasteiger partial charge is 0.347 e. The third kappa shape index (κ3) is 5.19. The van der Waals surface area contributed by atoms with E-state index < -0.39 is 23.6 Å². The molecule has 1 atom stereocenters. The number of nitrogens with one attached hydrogen (secondary N) is 2. The van der Waals surface area contributed by atoms with E-state index in [1.165, 1.54) is 12.5 Å². The molecule has 2 aromatic heterocycles. The van der Waals surface area contributed by atoms with Gasteiger partial charge in [0.25, 0.3) is 11.8 Å². The highest BCUT2D eigenvalue weighted by Crippen LogP contribution is 2.19. The van der Waals surface area contributed by atoms with E-state index in [1.54, 1.807) is 21.5 Å². The van der Waals surface area contributed by atoms with Crippen LogP contribution in [0, 0.1) is 0 Å². The first-order chi connectivity index (χ1) is 17.1. The number of carbonyl (C=O) groups is 3. The highest BCUT2D eigenvalue weighted by atomic mass is 16.2. The Morgan fingerprint density at radius 1 is 0.971 bits per heavy atom. The Morgan fingerprint density at radius 3 is 2.40 bits per heavy atom. The quantitative estimate of drug-likeness (QED) is 0.366. The Labute approximate surface area is 201 Å². The van der Waals surface area contributed by atoms with Crippen molar-refractivity contribution in [1.82, 2.24) is 30.0 Å². The lowest BCUT2D eigenvalue weighted by Gasteiger charge is -2.18. The van der Waals surface area contributed by atoms with Gasteiger partial charge in [0.15, 0.2) is 5.82 Å². The molecule has 1 aliphatic carbocycles. The fourth-order valence-electron chi connectivity index (χ4n) is 3.75. The molecule has 2 aromatic carbocycles. The van der Waals surface area contributed by atoms with Gasteiger partial charge < -0.3 is 10.6 Å². The summed E-state index contributed by atoms with van der Waals surface area (Å²) in [5, 5.41) is 10.0. The number of aromatic nitrogens is 4. The van der Waals surface area contributed by atoms with Gasteiger partial charge in [-0.2, -0.15) is 0 Å². The highest BCUT2D eigenvalue weighted by molar-refractivity contribution is 6.38. The van der Waals surface area contributed by atoms with Gasteiger partial charge in [-0.25, -0.2) is 9.67 Å². The first-order valence-electron chi connectivity index (χ1n) is 11.4. The second kappa shape index (κ2) is 9.76. The zero-order valence-electron chi connectivity index (χ0n) is 18.9. The number of hydrogen-bond acceptors (Lipinski definition) is 5. The van der Waals surface area contributed by atoms with E-state index in [2.05, 4.69) is 20.7 Å². The van der Waals surface area contributed by atoms with Gasteiger partial charge in [0.1, 0.15) is 18.1 Å². The predicted molar refractivity (Wildman–Crippen MR) is 128 cm³/mol. The molecule has 9 nitrogen and oxygen atoms in total. The van der Waals surface area contributed by atoms with Crippen LogP contribution in [-0.2, 0) is 16.0 Å². The molecular weight excluding hydrogens is 444 g/mol. The van der Waals surface area contributed by atoms with Crippen molar-refractivity contribution >= 4 is 17.6 Å². The van der Waals surface area contributed by atoms with Crippen molar-refractivity contribution in [2.75, 3.05) is 0 Å². The van der Waals surface area contributed by atoms with Crippen molar-refractivity contribution < 1.29 is 14.4 Å². The Morgan fingerprint density at radius 2 is 1.69 bits per heavy atom. The summed E-state index contributed by atoms with van der Waals surface area (Å²) in [6, 6.07) is 19.6. The molecule has 2 heterocycles. The Balaban J connectivity index is 1.37. The van der Waals surface area contributed by atoms with E-state index in [0.29, 0.717) is 5.82 Å². The summed E-state index contributed by atoms with van der Waals surface area (Å²) in [6.45, 7) is 0. The molecule has 0 bridgehead atoms. The average molecular weight is 469 g/mol. The van der Waals surface area contributed by atoms with E-state index in [4.69, 9.17) is 0 Å². The number of para-hydroxylation sites is 1. The summed E-state index contributed by atoms with van der Waals surface area (Å²) in [5.74, 6) is -1.38. The fraction of sp³-hybridized carbons (Fsp3) is 0.192. The molecule has 176 valence electrons. The van der Waals surface area contributed by atoms with Gasteiger partial charge in [-0.15, -0.1) is 5.10 Å². The van der Waals surface area contributed by atoms with Crippen LogP contribution in [0.5, 0.6) is 0 Å². The lowest BCUT2D eigenvalue weighted by molar-refractivity contribution is -0.139. The Bertz CT molecular complexity index is 1340. The molecule has 0 spiro atoms.